The molecule has 2 aromatic rings. The lowest BCUT2D eigenvalue weighted by Crippen LogP contribution is -2.15. The van der Waals surface area contributed by atoms with Gasteiger partial charge in [-0.2, -0.15) is 0 Å². The van der Waals surface area contributed by atoms with Crippen molar-refractivity contribution in [2.24, 2.45) is 7.05 Å². The summed E-state index contributed by atoms with van der Waals surface area (Å²) < 4.78 is 7.75. The highest BCUT2D eigenvalue weighted by Crippen LogP contribution is 2.34. The third kappa shape index (κ3) is 1.50. The molecule has 0 radical (unpaired) electrons. The molecular weight excluding hydrogens is 208 g/mol. The van der Waals surface area contributed by atoms with Gasteiger partial charge < -0.3 is 9.30 Å². The van der Waals surface area contributed by atoms with Gasteiger partial charge in [-0.3, -0.25) is 0 Å². The van der Waals surface area contributed by atoms with E-state index in [4.69, 9.17) is 4.74 Å². The van der Waals surface area contributed by atoms with Crippen LogP contribution in [-0.2, 0) is 18.2 Å². The van der Waals surface area contributed by atoms with Crippen LogP contribution in [0.25, 0.3) is 0 Å². The van der Waals surface area contributed by atoms with Crippen molar-refractivity contribution in [2.45, 2.75) is 12.5 Å². The van der Waals surface area contributed by atoms with E-state index < -0.39 is 0 Å². The molecule has 0 bridgehead atoms. The Balaban J connectivity index is 2.02. The van der Waals surface area contributed by atoms with Gasteiger partial charge in [0, 0.05) is 30.1 Å². The average Bonchev–Trinajstić information content (AvgIpc) is 2.84. The van der Waals surface area contributed by atoms with Gasteiger partial charge in [-0.05, 0) is 11.4 Å². The van der Waals surface area contributed by atoms with Gasteiger partial charge in [0.15, 0.2) is 0 Å². The van der Waals surface area contributed by atoms with Crippen LogP contribution in [-0.4, -0.2) is 16.2 Å². The molecule has 0 N–H and O–H groups in total. The zero-order chi connectivity index (χ0) is 10.3. The molecule has 1 aliphatic rings. The summed E-state index contributed by atoms with van der Waals surface area (Å²) in [6.07, 6.45) is 4.92. The zero-order valence-electron chi connectivity index (χ0n) is 8.51. The minimum Gasteiger partial charge on any atom is -0.367 e. The summed E-state index contributed by atoms with van der Waals surface area (Å²) in [5.74, 6) is 0. The lowest BCUT2D eigenvalue weighted by atomic mass is 10.0. The summed E-state index contributed by atoms with van der Waals surface area (Å²) in [7, 11) is 1.98. The number of aryl methyl sites for hydroxylation is 1. The van der Waals surface area contributed by atoms with Crippen molar-refractivity contribution in [1.82, 2.24) is 9.55 Å². The van der Waals surface area contributed by atoms with Gasteiger partial charge >= 0.3 is 0 Å². The molecule has 3 rings (SSSR count). The second kappa shape index (κ2) is 3.47. The quantitative estimate of drug-likeness (QED) is 0.736. The maximum absolute atomic E-state index is 5.79. The predicted octanol–water partition coefficient (Wildman–Crippen LogP) is 2.14. The Morgan fingerprint density at radius 3 is 3.33 bits per heavy atom. The molecule has 15 heavy (non-hydrogen) atoms. The fraction of sp³-hybridized carbons (Fsp3) is 0.364. The van der Waals surface area contributed by atoms with Gasteiger partial charge in [-0.1, -0.05) is 0 Å². The standard InChI is InChI=1S/C11H12N2OS/c1-13-6-9(12-7-13)11-8-3-5-15-10(8)2-4-14-11/h3,5-7,11H,2,4H2,1H3. The zero-order valence-corrected chi connectivity index (χ0v) is 9.33. The molecule has 4 heteroatoms. The maximum Gasteiger partial charge on any atom is 0.127 e. The Morgan fingerprint density at radius 1 is 1.60 bits per heavy atom. The first kappa shape index (κ1) is 9.12. The van der Waals surface area contributed by atoms with Gasteiger partial charge in [0.25, 0.3) is 0 Å². The van der Waals surface area contributed by atoms with Crippen molar-refractivity contribution in [3.8, 4) is 0 Å². The Hall–Kier alpha value is -1.13. The van der Waals surface area contributed by atoms with Crippen LogP contribution < -0.4 is 0 Å². The first-order valence-corrected chi connectivity index (χ1v) is 5.88. The number of aromatic nitrogens is 2. The largest absolute Gasteiger partial charge is 0.367 e. The molecule has 0 amide bonds. The third-order valence-corrected chi connectivity index (χ3v) is 3.67. The van der Waals surface area contributed by atoms with Crippen molar-refractivity contribution in [2.75, 3.05) is 6.61 Å². The molecule has 0 saturated heterocycles. The molecular formula is C11H12N2OS. The van der Waals surface area contributed by atoms with E-state index in [1.54, 1.807) is 0 Å². The van der Waals surface area contributed by atoms with Crippen LogP contribution in [0.5, 0.6) is 0 Å². The van der Waals surface area contributed by atoms with Crippen molar-refractivity contribution in [1.29, 1.82) is 0 Å². The summed E-state index contributed by atoms with van der Waals surface area (Å²) in [6, 6.07) is 2.15. The molecule has 3 heterocycles. The molecule has 3 nitrogen and oxygen atoms in total. The Morgan fingerprint density at radius 2 is 2.53 bits per heavy atom. The Kier molecular flexibility index (Phi) is 2.11. The van der Waals surface area contributed by atoms with E-state index in [2.05, 4.69) is 16.4 Å². The summed E-state index contributed by atoms with van der Waals surface area (Å²) in [4.78, 5) is 5.80. The Bertz CT molecular complexity index is 474. The number of hydrogen-bond donors (Lipinski definition) is 0. The fourth-order valence-electron chi connectivity index (χ4n) is 1.96. The topological polar surface area (TPSA) is 27.1 Å². The monoisotopic (exact) mass is 220 g/mol. The van der Waals surface area contributed by atoms with Gasteiger partial charge in [0.05, 0.1) is 18.6 Å². The minimum absolute atomic E-state index is 0.0428. The predicted molar refractivity (Wildman–Crippen MR) is 59.0 cm³/mol. The normalized spacial score (nSPS) is 20.2. The smallest absolute Gasteiger partial charge is 0.127 e. The van der Waals surface area contributed by atoms with E-state index in [9.17, 15) is 0 Å². The van der Waals surface area contributed by atoms with E-state index in [1.807, 2.05) is 35.5 Å². The van der Waals surface area contributed by atoms with Crippen LogP contribution in [0.1, 0.15) is 22.2 Å². The summed E-state index contributed by atoms with van der Waals surface area (Å²) >= 11 is 1.82. The number of ether oxygens (including phenoxy) is 1. The molecule has 1 atom stereocenters. The first-order chi connectivity index (χ1) is 7.34. The fourth-order valence-corrected chi connectivity index (χ4v) is 2.85. The third-order valence-electron chi connectivity index (χ3n) is 2.67. The Labute approximate surface area is 92.3 Å². The maximum atomic E-state index is 5.79. The highest BCUT2D eigenvalue weighted by atomic mass is 32.1. The van der Waals surface area contributed by atoms with E-state index >= 15 is 0 Å². The molecule has 1 aliphatic heterocycles. The lowest BCUT2D eigenvalue weighted by molar-refractivity contribution is 0.0686. The van der Waals surface area contributed by atoms with E-state index in [0.717, 1.165) is 18.7 Å². The first-order valence-electron chi connectivity index (χ1n) is 5.00. The molecule has 1 unspecified atom stereocenters. The lowest BCUT2D eigenvalue weighted by Gasteiger charge is -2.21. The van der Waals surface area contributed by atoms with Crippen molar-refractivity contribution in [3.05, 3.63) is 40.1 Å². The summed E-state index contributed by atoms with van der Waals surface area (Å²) in [5.41, 5.74) is 2.31. The van der Waals surface area contributed by atoms with Gasteiger partial charge in [0.2, 0.25) is 0 Å². The van der Waals surface area contributed by atoms with Gasteiger partial charge in [0.1, 0.15) is 6.10 Å². The van der Waals surface area contributed by atoms with Crippen molar-refractivity contribution >= 4 is 11.3 Å². The van der Waals surface area contributed by atoms with Crippen molar-refractivity contribution in [3.63, 3.8) is 0 Å². The number of nitrogens with zero attached hydrogens (tertiary/aromatic N) is 2. The molecule has 0 saturated carbocycles. The second-order valence-electron chi connectivity index (χ2n) is 3.76. The summed E-state index contributed by atoms with van der Waals surface area (Å²) in [6.45, 7) is 0.800. The minimum atomic E-state index is 0.0428. The number of rotatable bonds is 1. The number of imidazole rings is 1. The van der Waals surface area contributed by atoms with E-state index in [1.165, 1.54) is 10.4 Å². The highest BCUT2D eigenvalue weighted by Gasteiger charge is 2.24. The average molecular weight is 220 g/mol. The molecule has 0 fully saturated rings. The van der Waals surface area contributed by atoms with E-state index in [0.29, 0.717) is 0 Å². The van der Waals surface area contributed by atoms with Crippen molar-refractivity contribution < 1.29 is 4.74 Å². The molecule has 0 spiro atoms. The molecule has 0 aromatic carbocycles. The van der Waals surface area contributed by atoms with Crippen LogP contribution in [0.4, 0.5) is 0 Å². The molecule has 78 valence electrons. The van der Waals surface area contributed by atoms with Crippen LogP contribution in [0.15, 0.2) is 24.0 Å². The van der Waals surface area contributed by atoms with Crippen LogP contribution >= 0.6 is 11.3 Å². The molecule has 2 aromatic heterocycles. The second-order valence-corrected chi connectivity index (χ2v) is 4.76. The highest BCUT2D eigenvalue weighted by molar-refractivity contribution is 7.10. The van der Waals surface area contributed by atoms with E-state index in [-0.39, 0.29) is 6.10 Å². The summed E-state index contributed by atoms with van der Waals surface area (Å²) in [5, 5.41) is 2.13. The number of thiophene rings is 1. The van der Waals surface area contributed by atoms with Gasteiger partial charge in [-0.25, -0.2) is 4.98 Å². The van der Waals surface area contributed by atoms with Crippen LogP contribution in [0.3, 0.4) is 0 Å². The van der Waals surface area contributed by atoms with Gasteiger partial charge in [-0.15, -0.1) is 11.3 Å². The van der Waals surface area contributed by atoms with Crippen LogP contribution in [0.2, 0.25) is 0 Å². The SMILES string of the molecule is Cn1cnc(C2OCCc3sccc32)c1. The molecule has 0 aliphatic carbocycles. The number of fused-ring (bicyclic) bond motifs is 1. The number of hydrogen-bond acceptors (Lipinski definition) is 3. The van der Waals surface area contributed by atoms with Crippen LogP contribution in [0, 0.1) is 0 Å².